The van der Waals surface area contributed by atoms with Crippen molar-refractivity contribution in [1.82, 2.24) is 5.32 Å². The summed E-state index contributed by atoms with van der Waals surface area (Å²) in [4.78, 5) is 12.9. The zero-order valence-electron chi connectivity index (χ0n) is 15.7. The standard InChI is InChI=1S/C22H29NO3/c1-3-14-23-16-20(25-2)17-26-21(15-18-10-6-4-7-11-18)22(24)19-12-8-5-9-13-19/h4-13,20-21,23H,3,14-17H2,1-2H3. The molecule has 0 radical (unpaired) electrons. The molecule has 0 spiro atoms. The molecule has 2 rings (SSSR count). The number of hydrogen-bond acceptors (Lipinski definition) is 4. The van der Waals surface area contributed by atoms with Gasteiger partial charge in [0.05, 0.1) is 12.7 Å². The van der Waals surface area contributed by atoms with E-state index in [1.54, 1.807) is 7.11 Å². The zero-order chi connectivity index (χ0) is 18.6. The zero-order valence-corrected chi connectivity index (χ0v) is 15.7. The Morgan fingerprint density at radius 2 is 1.69 bits per heavy atom. The van der Waals surface area contributed by atoms with Crippen LogP contribution in [0.3, 0.4) is 0 Å². The van der Waals surface area contributed by atoms with Crippen LogP contribution in [0.5, 0.6) is 0 Å². The van der Waals surface area contributed by atoms with Crippen LogP contribution in [0.1, 0.15) is 29.3 Å². The van der Waals surface area contributed by atoms with Crippen molar-refractivity contribution in [3.05, 3.63) is 71.8 Å². The largest absolute Gasteiger partial charge is 0.378 e. The lowest BCUT2D eigenvalue weighted by Gasteiger charge is -2.21. The fraction of sp³-hybridized carbons (Fsp3) is 0.409. The molecule has 26 heavy (non-hydrogen) atoms. The van der Waals surface area contributed by atoms with Crippen molar-refractivity contribution in [3.8, 4) is 0 Å². The molecule has 0 bridgehead atoms. The number of hydrogen-bond donors (Lipinski definition) is 1. The molecule has 0 aliphatic heterocycles. The predicted molar refractivity (Wildman–Crippen MR) is 105 cm³/mol. The van der Waals surface area contributed by atoms with E-state index in [2.05, 4.69) is 12.2 Å². The number of carbonyl (C=O) groups is 1. The highest BCUT2D eigenvalue weighted by Gasteiger charge is 2.22. The maximum absolute atomic E-state index is 12.9. The summed E-state index contributed by atoms with van der Waals surface area (Å²) in [5.74, 6) is 0.00539. The molecule has 2 aromatic rings. The van der Waals surface area contributed by atoms with Crippen molar-refractivity contribution in [3.63, 3.8) is 0 Å². The summed E-state index contributed by atoms with van der Waals surface area (Å²) in [5, 5.41) is 3.33. The normalized spacial score (nSPS) is 13.3. The van der Waals surface area contributed by atoms with Crippen LogP contribution in [-0.4, -0.2) is 44.8 Å². The number of carbonyl (C=O) groups excluding carboxylic acids is 1. The van der Waals surface area contributed by atoms with Gasteiger partial charge in [-0.15, -0.1) is 0 Å². The lowest BCUT2D eigenvalue weighted by atomic mass is 10.00. The van der Waals surface area contributed by atoms with Crippen LogP contribution in [0.25, 0.3) is 0 Å². The molecule has 0 saturated heterocycles. The first kappa shape index (κ1) is 20.3. The summed E-state index contributed by atoms with van der Waals surface area (Å²) >= 11 is 0. The van der Waals surface area contributed by atoms with Crippen LogP contribution < -0.4 is 5.32 Å². The van der Waals surface area contributed by atoms with Gasteiger partial charge in [-0.3, -0.25) is 4.79 Å². The molecule has 140 valence electrons. The molecule has 4 nitrogen and oxygen atoms in total. The number of ketones is 1. The van der Waals surface area contributed by atoms with Gasteiger partial charge in [-0.05, 0) is 18.5 Å². The lowest BCUT2D eigenvalue weighted by Crippen LogP contribution is -2.36. The Morgan fingerprint density at radius 3 is 2.31 bits per heavy atom. The van der Waals surface area contributed by atoms with Gasteiger partial charge in [0.2, 0.25) is 0 Å². The maximum Gasteiger partial charge on any atom is 0.191 e. The summed E-state index contributed by atoms with van der Waals surface area (Å²) in [6.07, 6.45) is 1.01. The number of methoxy groups -OCH3 is 1. The minimum absolute atomic E-state index is 0.00539. The number of nitrogens with one attached hydrogen (secondary N) is 1. The highest BCUT2D eigenvalue weighted by atomic mass is 16.5. The van der Waals surface area contributed by atoms with E-state index in [0.717, 1.165) is 18.5 Å². The minimum atomic E-state index is -0.524. The molecule has 2 aromatic carbocycles. The topological polar surface area (TPSA) is 47.6 Å². The molecule has 1 N–H and O–H groups in total. The SMILES string of the molecule is CCCNCC(COC(Cc1ccccc1)C(=O)c1ccccc1)OC. The molecule has 2 atom stereocenters. The van der Waals surface area contributed by atoms with E-state index in [0.29, 0.717) is 25.1 Å². The molecule has 0 heterocycles. The van der Waals surface area contributed by atoms with Gasteiger partial charge in [0, 0.05) is 25.6 Å². The first-order valence-electron chi connectivity index (χ1n) is 9.23. The highest BCUT2D eigenvalue weighted by molar-refractivity contribution is 5.99. The third kappa shape index (κ3) is 6.71. The van der Waals surface area contributed by atoms with Gasteiger partial charge in [-0.1, -0.05) is 67.6 Å². The van der Waals surface area contributed by atoms with Crippen molar-refractivity contribution in [1.29, 1.82) is 0 Å². The maximum atomic E-state index is 12.9. The van der Waals surface area contributed by atoms with E-state index in [1.165, 1.54) is 0 Å². The first-order valence-corrected chi connectivity index (χ1v) is 9.23. The smallest absolute Gasteiger partial charge is 0.191 e. The molecule has 0 aliphatic carbocycles. The number of ether oxygens (including phenoxy) is 2. The van der Waals surface area contributed by atoms with Crippen molar-refractivity contribution >= 4 is 5.78 Å². The Bertz CT molecular complexity index is 630. The fourth-order valence-electron chi connectivity index (χ4n) is 2.72. The Balaban J connectivity index is 2.03. The number of benzene rings is 2. The molecule has 0 saturated carbocycles. The van der Waals surface area contributed by atoms with Crippen LogP contribution in [0.2, 0.25) is 0 Å². The molecule has 0 aromatic heterocycles. The number of Topliss-reactive ketones (excluding diaryl/α,β-unsaturated/α-hetero) is 1. The number of rotatable bonds is 12. The third-order valence-electron chi connectivity index (χ3n) is 4.23. The van der Waals surface area contributed by atoms with E-state index in [4.69, 9.17) is 9.47 Å². The van der Waals surface area contributed by atoms with Gasteiger partial charge in [0.1, 0.15) is 6.10 Å². The summed E-state index contributed by atoms with van der Waals surface area (Å²) in [6.45, 7) is 4.15. The van der Waals surface area contributed by atoms with E-state index < -0.39 is 6.10 Å². The van der Waals surface area contributed by atoms with Crippen molar-refractivity contribution in [2.24, 2.45) is 0 Å². The average molecular weight is 355 g/mol. The Morgan fingerprint density at radius 1 is 1.04 bits per heavy atom. The second-order valence-electron chi connectivity index (χ2n) is 6.30. The molecule has 0 amide bonds. The first-order chi connectivity index (χ1) is 12.7. The van der Waals surface area contributed by atoms with Gasteiger partial charge >= 0.3 is 0 Å². The quantitative estimate of drug-likeness (QED) is 0.467. The summed E-state index contributed by atoms with van der Waals surface area (Å²) in [5.41, 5.74) is 1.76. The van der Waals surface area contributed by atoms with Crippen LogP contribution in [0.15, 0.2) is 60.7 Å². The molecule has 4 heteroatoms. The van der Waals surface area contributed by atoms with Crippen molar-refractivity contribution in [2.75, 3.05) is 26.8 Å². The molecular formula is C22H29NO3. The fourth-order valence-corrected chi connectivity index (χ4v) is 2.72. The van der Waals surface area contributed by atoms with Gasteiger partial charge in [-0.25, -0.2) is 0 Å². The molecular weight excluding hydrogens is 326 g/mol. The monoisotopic (exact) mass is 355 g/mol. The van der Waals surface area contributed by atoms with Gasteiger partial charge in [0.25, 0.3) is 0 Å². The molecule has 0 aliphatic rings. The minimum Gasteiger partial charge on any atom is -0.378 e. The van der Waals surface area contributed by atoms with E-state index in [9.17, 15) is 4.79 Å². The molecule has 2 unspecified atom stereocenters. The van der Waals surface area contributed by atoms with E-state index >= 15 is 0 Å². The Hall–Kier alpha value is -2.01. The van der Waals surface area contributed by atoms with Crippen LogP contribution in [0.4, 0.5) is 0 Å². The van der Waals surface area contributed by atoms with Crippen LogP contribution in [0, 0.1) is 0 Å². The van der Waals surface area contributed by atoms with E-state index in [-0.39, 0.29) is 11.9 Å². The van der Waals surface area contributed by atoms with Crippen molar-refractivity contribution in [2.45, 2.75) is 32.0 Å². The van der Waals surface area contributed by atoms with Gasteiger partial charge in [0.15, 0.2) is 5.78 Å². The van der Waals surface area contributed by atoms with Crippen LogP contribution >= 0.6 is 0 Å². The van der Waals surface area contributed by atoms with Gasteiger partial charge < -0.3 is 14.8 Å². The molecule has 0 fully saturated rings. The summed E-state index contributed by atoms with van der Waals surface area (Å²) in [7, 11) is 1.67. The lowest BCUT2D eigenvalue weighted by molar-refractivity contribution is -0.0184. The third-order valence-corrected chi connectivity index (χ3v) is 4.23. The summed E-state index contributed by atoms with van der Waals surface area (Å²) < 4.78 is 11.5. The second kappa shape index (κ2) is 11.6. The highest BCUT2D eigenvalue weighted by Crippen LogP contribution is 2.13. The van der Waals surface area contributed by atoms with E-state index in [1.807, 2.05) is 60.7 Å². The van der Waals surface area contributed by atoms with Crippen molar-refractivity contribution < 1.29 is 14.3 Å². The Kier molecular flexibility index (Phi) is 9.04. The summed E-state index contributed by atoms with van der Waals surface area (Å²) in [6, 6.07) is 19.3. The second-order valence-corrected chi connectivity index (χ2v) is 6.30. The van der Waals surface area contributed by atoms with Gasteiger partial charge in [-0.2, -0.15) is 0 Å². The van der Waals surface area contributed by atoms with Crippen LogP contribution in [-0.2, 0) is 15.9 Å². The Labute approximate surface area is 156 Å². The average Bonchev–Trinajstić information content (AvgIpc) is 2.70. The predicted octanol–water partition coefficient (Wildman–Crippen LogP) is 3.51.